The van der Waals surface area contributed by atoms with Crippen molar-refractivity contribution in [3.8, 4) is 0 Å². The van der Waals surface area contributed by atoms with Crippen LogP contribution in [0.4, 0.5) is 11.4 Å². The van der Waals surface area contributed by atoms with Gasteiger partial charge in [-0.15, -0.1) is 0 Å². The van der Waals surface area contributed by atoms with Crippen molar-refractivity contribution in [1.82, 2.24) is 0 Å². The number of halogens is 1. The van der Waals surface area contributed by atoms with Gasteiger partial charge in [-0.05, 0) is 48.8 Å². The molecule has 0 aliphatic carbocycles. The summed E-state index contributed by atoms with van der Waals surface area (Å²) in [6.45, 7) is 2.78. The van der Waals surface area contributed by atoms with Crippen molar-refractivity contribution in [2.75, 3.05) is 23.4 Å². The minimum Gasteiger partial charge on any atom is -0.385 e. The van der Waals surface area contributed by atoms with Crippen LogP contribution in [0.1, 0.15) is 18.4 Å². The monoisotopic (exact) mass is 300 g/mol. The number of thioether (sulfide) groups is 1. The summed E-state index contributed by atoms with van der Waals surface area (Å²) in [7, 11) is 0. The van der Waals surface area contributed by atoms with Crippen molar-refractivity contribution in [3.05, 3.63) is 32.8 Å². The van der Waals surface area contributed by atoms with Gasteiger partial charge in [-0.1, -0.05) is 11.6 Å². The Hall–Kier alpha value is -0.940. The molecule has 1 aliphatic rings. The molecule has 1 aliphatic heterocycles. The SMILES string of the molecule is Cc1cc([N+](=O)[O-])c(Cl)cc1NCC1CCSCC1. The van der Waals surface area contributed by atoms with Crippen LogP contribution in [-0.2, 0) is 0 Å². The predicted octanol–water partition coefficient (Wildman–Crippen LogP) is 4.11. The number of rotatable bonds is 4. The Bertz CT molecular complexity index is 476. The largest absolute Gasteiger partial charge is 0.385 e. The van der Waals surface area contributed by atoms with Gasteiger partial charge < -0.3 is 5.32 Å². The summed E-state index contributed by atoms with van der Waals surface area (Å²) in [4.78, 5) is 10.3. The number of nitrogens with zero attached hydrogens (tertiary/aromatic N) is 1. The number of nitrogens with one attached hydrogen (secondary N) is 1. The van der Waals surface area contributed by atoms with E-state index in [1.54, 1.807) is 6.07 Å². The number of anilines is 1. The molecule has 1 N–H and O–H groups in total. The van der Waals surface area contributed by atoms with Gasteiger partial charge in [-0.2, -0.15) is 11.8 Å². The Kier molecular flexibility index (Phi) is 4.93. The van der Waals surface area contributed by atoms with Crippen molar-refractivity contribution < 1.29 is 4.92 Å². The number of hydrogen-bond acceptors (Lipinski definition) is 4. The van der Waals surface area contributed by atoms with Gasteiger partial charge in [0.05, 0.1) is 4.92 Å². The molecule has 0 spiro atoms. The van der Waals surface area contributed by atoms with Crippen LogP contribution in [0.3, 0.4) is 0 Å². The third-order valence-corrected chi connectivity index (χ3v) is 4.76. The molecule has 0 aromatic heterocycles. The molecule has 1 aromatic rings. The highest BCUT2D eigenvalue weighted by molar-refractivity contribution is 7.99. The van der Waals surface area contributed by atoms with E-state index in [9.17, 15) is 10.1 Å². The fourth-order valence-corrected chi connectivity index (χ4v) is 3.64. The molecule has 1 aromatic carbocycles. The van der Waals surface area contributed by atoms with Crippen LogP contribution in [0.2, 0.25) is 5.02 Å². The lowest BCUT2D eigenvalue weighted by atomic mass is 10.0. The van der Waals surface area contributed by atoms with Crippen molar-refractivity contribution in [2.24, 2.45) is 5.92 Å². The Morgan fingerprint density at radius 1 is 1.47 bits per heavy atom. The smallest absolute Gasteiger partial charge is 0.288 e. The van der Waals surface area contributed by atoms with Crippen molar-refractivity contribution in [3.63, 3.8) is 0 Å². The van der Waals surface area contributed by atoms with Crippen LogP contribution in [0.5, 0.6) is 0 Å². The van der Waals surface area contributed by atoms with Gasteiger partial charge in [0.1, 0.15) is 5.02 Å². The van der Waals surface area contributed by atoms with E-state index in [1.807, 2.05) is 18.7 Å². The molecule has 104 valence electrons. The molecule has 19 heavy (non-hydrogen) atoms. The molecule has 0 bridgehead atoms. The zero-order chi connectivity index (χ0) is 13.8. The summed E-state index contributed by atoms with van der Waals surface area (Å²) in [5.74, 6) is 3.15. The number of nitro benzene ring substituents is 1. The summed E-state index contributed by atoms with van der Waals surface area (Å²) in [6, 6.07) is 3.19. The lowest BCUT2D eigenvalue weighted by molar-refractivity contribution is -0.384. The number of hydrogen-bond donors (Lipinski definition) is 1. The van der Waals surface area contributed by atoms with Crippen molar-refractivity contribution >= 4 is 34.7 Å². The number of benzene rings is 1. The molecular formula is C13H17ClN2O2S. The van der Waals surface area contributed by atoms with Gasteiger partial charge in [-0.3, -0.25) is 10.1 Å². The molecule has 0 radical (unpaired) electrons. The van der Waals surface area contributed by atoms with Gasteiger partial charge >= 0.3 is 0 Å². The Morgan fingerprint density at radius 3 is 2.79 bits per heavy atom. The van der Waals surface area contributed by atoms with Gasteiger partial charge in [0.15, 0.2) is 0 Å². The highest BCUT2D eigenvalue weighted by Crippen LogP contribution is 2.31. The first-order valence-corrected chi connectivity index (χ1v) is 7.87. The van der Waals surface area contributed by atoms with Gasteiger partial charge in [0.25, 0.3) is 5.69 Å². The van der Waals surface area contributed by atoms with Crippen LogP contribution < -0.4 is 5.32 Å². The summed E-state index contributed by atoms with van der Waals surface area (Å²) in [6.07, 6.45) is 2.47. The first kappa shape index (κ1) is 14.5. The Balaban J connectivity index is 2.04. The molecule has 6 heteroatoms. The van der Waals surface area contributed by atoms with E-state index in [0.29, 0.717) is 5.92 Å². The minimum absolute atomic E-state index is 0.0289. The van der Waals surface area contributed by atoms with Gasteiger partial charge in [0, 0.05) is 18.3 Å². The lowest BCUT2D eigenvalue weighted by Crippen LogP contribution is -2.19. The number of aryl methyl sites for hydroxylation is 1. The molecule has 1 saturated heterocycles. The first-order chi connectivity index (χ1) is 9.08. The van der Waals surface area contributed by atoms with Crippen LogP contribution in [0, 0.1) is 23.0 Å². The van der Waals surface area contributed by atoms with Gasteiger partial charge in [0.2, 0.25) is 0 Å². The second-order valence-corrected chi connectivity index (χ2v) is 6.44. The standard InChI is InChI=1S/C13H17ClN2O2S/c1-9-6-13(16(17)18)11(14)7-12(9)15-8-10-2-4-19-5-3-10/h6-7,10,15H,2-5,8H2,1H3. The maximum absolute atomic E-state index is 10.8. The average Bonchev–Trinajstić information content (AvgIpc) is 2.40. The van der Waals surface area contributed by atoms with E-state index in [4.69, 9.17) is 11.6 Å². The predicted molar refractivity (Wildman–Crippen MR) is 81.4 cm³/mol. The third kappa shape index (κ3) is 3.76. The van der Waals surface area contributed by atoms with E-state index in [1.165, 1.54) is 30.4 Å². The summed E-state index contributed by atoms with van der Waals surface area (Å²) in [5.41, 5.74) is 1.73. The fourth-order valence-electron chi connectivity index (χ4n) is 2.20. The fraction of sp³-hybridized carbons (Fsp3) is 0.538. The first-order valence-electron chi connectivity index (χ1n) is 6.34. The maximum Gasteiger partial charge on any atom is 0.288 e. The van der Waals surface area contributed by atoms with Crippen LogP contribution in [-0.4, -0.2) is 23.0 Å². The lowest BCUT2D eigenvalue weighted by Gasteiger charge is -2.22. The van der Waals surface area contributed by atoms with Crippen molar-refractivity contribution in [2.45, 2.75) is 19.8 Å². The van der Waals surface area contributed by atoms with E-state index in [2.05, 4.69) is 5.32 Å². The summed E-state index contributed by atoms with van der Waals surface area (Å²) >= 11 is 7.94. The van der Waals surface area contributed by atoms with Gasteiger partial charge in [-0.25, -0.2) is 0 Å². The minimum atomic E-state index is -0.447. The Morgan fingerprint density at radius 2 is 2.16 bits per heavy atom. The van der Waals surface area contributed by atoms with Crippen LogP contribution in [0.25, 0.3) is 0 Å². The molecular weight excluding hydrogens is 284 g/mol. The molecule has 0 unspecified atom stereocenters. The normalized spacial score (nSPS) is 16.3. The van der Waals surface area contributed by atoms with Crippen LogP contribution in [0.15, 0.2) is 12.1 Å². The average molecular weight is 301 g/mol. The molecule has 2 rings (SSSR count). The quantitative estimate of drug-likeness (QED) is 0.671. The highest BCUT2D eigenvalue weighted by Gasteiger charge is 2.17. The van der Waals surface area contributed by atoms with E-state index in [0.717, 1.165) is 17.8 Å². The zero-order valence-corrected chi connectivity index (χ0v) is 12.4. The molecule has 1 heterocycles. The van der Waals surface area contributed by atoms with Crippen molar-refractivity contribution in [1.29, 1.82) is 0 Å². The van der Waals surface area contributed by atoms with E-state index in [-0.39, 0.29) is 10.7 Å². The second-order valence-electron chi connectivity index (χ2n) is 4.81. The number of nitro groups is 1. The maximum atomic E-state index is 10.8. The molecule has 0 atom stereocenters. The molecule has 4 nitrogen and oxygen atoms in total. The summed E-state index contributed by atoms with van der Waals surface area (Å²) in [5, 5.41) is 14.4. The Labute approximate surface area is 122 Å². The second kappa shape index (κ2) is 6.48. The third-order valence-electron chi connectivity index (χ3n) is 3.41. The molecule has 1 fully saturated rings. The topological polar surface area (TPSA) is 55.2 Å². The highest BCUT2D eigenvalue weighted by atomic mass is 35.5. The van der Waals surface area contributed by atoms with E-state index >= 15 is 0 Å². The van der Waals surface area contributed by atoms with Crippen LogP contribution >= 0.6 is 23.4 Å². The molecule has 0 saturated carbocycles. The summed E-state index contributed by atoms with van der Waals surface area (Å²) < 4.78 is 0. The van der Waals surface area contributed by atoms with E-state index < -0.39 is 4.92 Å². The zero-order valence-electron chi connectivity index (χ0n) is 10.8. The molecule has 0 amide bonds.